The van der Waals surface area contributed by atoms with Gasteiger partial charge in [0.15, 0.2) is 0 Å². The van der Waals surface area contributed by atoms with E-state index in [2.05, 4.69) is 36.5 Å². The van der Waals surface area contributed by atoms with E-state index in [0.717, 1.165) is 31.4 Å². The molecular weight excluding hydrogens is 267 g/mol. The topological polar surface area (TPSA) is 24.9 Å². The van der Waals surface area contributed by atoms with E-state index in [1.165, 1.54) is 22.2 Å². The first-order valence-corrected chi connectivity index (χ1v) is 5.94. The summed E-state index contributed by atoms with van der Waals surface area (Å²) in [5.74, 6) is 0. The molecule has 0 bridgehead atoms. The van der Waals surface area contributed by atoms with Crippen LogP contribution in [-0.4, -0.2) is 18.1 Å². The van der Waals surface area contributed by atoms with Gasteiger partial charge in [-0.25, -0.2) is 0 Å². The number of nitrogens with zero attached hydrogens (tertiary/aromatic N) is 1. The number of halogens is 2. The summed E-state index contributed by atoms with van der Waals surface area (Å²) >= 11 is 0. The van der Waals surface area contributed by atoms with Crippen LogP contribution in [0, 0.1) is 6.92 Å². The molecule has 2 nitrogen and oxygen atoms in total. The molecule has 0 spiro atoms. The molecule has 18 heavy (non-hydrogen) atoms. The van der Waals surface area contributed by atoms with Gasteiger partial charge in [-0.05, 0) is 37.1 Å². The number of aryl methyl sites for hydroxylation is 1. The van der Waals surface area contributed by atoms with Crippen LogP contribution in [0.1, 0.15) is 16.8 Å². The SMILES string of the molecule is Cc1c2c(nc3ccccc13)CCNCC2.Cl.Cl. The third-order valence-corrected chi connectivity index (χ3v) is 3.45. The summed E-state index contributed by atoms with van der Waals surface area (Å²) in [4.78, 5) is 4.80. The first-order chi connectivity index (χ1) is 7.86. The number of hydrogen-bond donors (Lipinski definition) is 1. The molecule has 2 aromatic rings. The van der Waals surface area contributed by atoms with Crippen LogP contribution in [-0.2, 0) is 12.8 Å². The Kier molecular flexibility index (Phi) is 5.39. The fraction of sp³-hybridized carbons (Fsp3) is 0.357. The molecule has 1 aromatic heterocycles. The van der Waals surface area contributed by atoms with Crippen molar-refractivity contribution in [2.24, 2.45) is 0 Å². The lowest BCUT2D eigenvalue weighted by Gasteiger charge is -2.11. The Morgan fingerprint density at radius 1 is 1.06 bits per heavy atom. The van der Waals surface area contributed by atoms with E-state index >= 15 is 0 Å². The second-order valence-corrected chi connectivity index (χ2v) is 4.43. The lowest BCUT2D eigenvalue weighted by Crippen LogP contribution is -2.16. The summed E-state index contributed by atoms with van der Waals surface area (Å²) < 4.78 is 0. The van der Waals surface area contributed by atoms with Gasteiger partial charge in [-0.3, -0.25) is 4.98 Å². The van der Waals surface area contributed by atoms with Crippen LogP contribution in [0.25, 0.3) is 10.9 Å². The molecule has 0 atom stereocenters. The molecule has 3 rings (SSSR count). The monoisotopic (exact) mass is 284 g/mol. The number of benzene rings is 1. The van der Waals surface area contributed by atoms with Crippen LogP contribution in [0.4, 0.5) is 0 Å². The predicted molar refractivity (Wildman–Crippen MR) is 81.3 cm³/mol. The zero-order chi connectivity index (χ0) is 11.0. The molecule has 0 amide bonds. The lowest BCUT2D eigenvalue weighted by molar-refractivity contribution is 0.708. The Balaban J connectivity index is 0.000000810. The van der Waals surface area contributed by atoms with Gasteiger partial charge >= 0.3 is 0 Å². The second kappa shape index (κ2) is 6.37. The van der Waals surface area contributed by atoms with Gasteiger partial charge in [-0.1, -0.05) is 18.2 Å². The van der Waals surface area contributed by atoms with E-state index in [-0.39, 0.29) is 24.8 Å². The highest BCUT2D eigenvalue weighted by Gasteiger charge is 2.13. The summed E-state index contributed by atoms with van der Waals surface area (Å²) in [6, 6.07) is 8.45. The van der Waals surface area contributed by atoms with Gasteiger partial charge < -0.3 is 5.32 Å². The molecule has 1 aliphatic rings. The van der Waals surface area contributed by atoms with Crippen molar-refractivity contribution in [2.75, 3.05) is 13.1 Å². The van der Waals surface area contributed by atoms with Gasteiger partial charge in [-0.2, -0.15) is 0 Å². The standard InChI is InChI=1S/C14H16N2.2ClH/c1-10-11-4-2-3-5-13(11)16-14-7-9-15-8-6-12(10)14;;/h2-5,15H,6-9H2,1H3;2*1H. The maximum Gasteiger partial charge on any atom is 0.0708 e. The van der Waals surface area contributed by atoms with Crippen LogP contribution in [0.2, 0.25) is 0 Å². The molecule has 2 heterocycles. The van der Waals surface area contributed by atoms with Crippen molar-refractivity contribution in [3.63, 3.8) is 0 Å². The van der Waals surface area contributed by atoms with Crippen molar-refractivity contribution in [1.82, 2.24) is 10.3 Å². The number of pyridine rings is 1. The van der Waals surface area contributed by atoms with Gasteiger partial charge in [0, 0.05) is 24.0 Å². The van der Waals surface area contributed by atoms with Crippen molar-refractivity contribution in [3.05, 3.63) is 41.1 Å². The maximum atomic E-state index is 4.80. The van der Waals surface area contributed by atoms with E-state index in [1.807, 2.05) is 0 Å². The van der Waals surface area contributed by atoms with Gasteiger partial charge in [0.1, 0.15) is 0 Å². The normalized spacial score (nSPS) is 14.1. The predicted octanol–water partition coefficient (Wildman–Crippen LogP) is 3.08. The van der Waals surface area contributed by atoms with Gasteiger partial charge in [0.05, 0.1) is 5.52 Å². The van der Waals surface area contributed by atoms with Crippen molar-refractivity contribution in [1.29, 1.82) is 0 Å². The molecule has 1 N–H and O–H groups in total. The highest BCUT2D eigenvalue weighted by Crippen LogP contribution is 2.24. The zero-order valence-electron chi connectivity index (χ0n) is 10.4. The van der Waals surface area contributed by atoms with Crippen molar-refractivity contribution >= 4 is 35.7 Å². The summed E-state index contributed by atoms with van der Waals surface area (Å²) in [7, 11) is 0. The van der Waals surface area contributed by atoms with E-state index < -0.39 is 0 Å². The Bertz CT molecular complexity index is 541. The molecular formula is C14H18Cl2N2. The van der Waals surface area contributed by atoms with Crippen molar-refractivity contribution in [2.45, 2.75) is 19.8 Å². The van der Waals surface area contributed by atoms with Crippen LogP contribution < -0.4 is 5.32 Å². The average molecular weight is 285 g/mol. The number of nitrogens with one attached hydrogen (secondary N) is 1. The molecule has 1 aromatic carbocycles. The van der Waals surface area contributed by atoms with Crippen molar-refractivity contribution < 1.29 is 0 Å². The molecule has 1 aliphatic heterocycles. The molecule has 0 unspecified atom stereocenters. The fourth-order valence-corrected chi connectivity index (χ4v) is 2.56. The highest BCUT2D eigenvalue weighted by atomic mass is 35.5. The zero-order valence-corrected chi connectivity index (χ0v) is 12.0. The maximum absolute atomic E-state index is 4.80. The Hall–Kier alpha value is -0.830. The highest BCUT2D eigenvalue weighted by molar-refractivity contribution is 5.85. The Morgan fingerprint density at radius 3 is 2.61 bits per heavy atom. The lowest BCUT2D eigenvalue weighted by atomic mass is 9.99. The molecule has 4 heteroatoms. The van der Waals surface area contributed by atoms with Gasteiger partial charge in [-0.15, -0.1) is 24.8 Å². The summed E-state index contributed by atoms with van der Waals surface area (Å²) in [5, 5.41) is 4.74. The Labute approximate surface area is 120 Å². The van der Waals surface area contributed by atoms with E-state index in [1.54, 1.807) is 0 Å². The molecule has 0 saturated heterocycles. The summed E-state index contributed by atoms with van der Waals surface area (Å²) in [5.41, 5.74) is 5.31. The minimum absolute atomic E-state index is 0. The van der Waals surface area contributed by atoms with Gasteiger partial charge in [0.2, 0.25) is 0 Å². The van der Waals surface area contributed by atoms with Crippen LogP contribution in [0.5, 0.6) is 0 Å². The third kappa shape index (κ3) is 2.61. The molecule has 0 saturated carbocycles. The number of aromatic nitrogens is 1. The quantitative estimate of drug-likeness (QED) is 0.804. The molecule has 0 radical (unpaired) electrons. The van der Waals surface area contributed by atoms with Crippen LogP contribution >= 0.6 is 24.8 Å². The van der Waals surface area contributed by atoms with Gasteiger partial charge in [0.25, 0.3) is 0 Å². The van der Waals surface area contributed by atoms with E-state index in [9.17, 15) is 0 Å². The minimum atomic E-state index is 0. The first-order valence-electron chi connectivity index (χ1n) is 5.94. The number of fused-ring (bicyclic) bond motifs is 2. The van der Waals surface area contributed by atoms with Crippen LogP contribution in [0.3, 0.4) is 0 Å². The third-order valence-electron chi connectivity index (χ3n) is 3.45. The molecule has 0 aliphatic carbocycles. The Morgan fingerprint density at radius 2 is 1.78 bits per heavy atom. The minimum Gasteiger partial charge on any atom is -0.316 e. The van der Waals surface area contributed by atoms with Crippen LogP contribution in [0.15, 0.2) is 24.3 Å². The molecule has 98 valence electrons. The number of rotatable bonds is 0. The number of hydrogen-bond acceptors (Lipinski definition) is 2. The average Bonchev–Trinajstić information content (AvgIpc) is 2.55. The molecule has 0 fully saturated rings. The number of para-hydroxylation sites is 1. The van der Waals surface area contributed by atoms with E-state index in [4.69, 9.17) is 4.98 Å². The summed E-state index contributed by atoms with van der Waals surface area (Å²) in [6.07, 6.45) is 2.17. The largest absolute Gasteiger partial charge is 0.316 e. The van der Waals surface area contributed by atoms with E-state index in [0.29, 0.717) is 0 Å². The fourth-order valence-electron chi connectivity index (χ4n) is 2.56. The van der Waals surface area contributed by atoms with Crippen molar-refractivity contribution in [3.8, 4) is 0 Å². The second-order valence-electron chi connectivity index (χ2n) is 4.43. The smallest absolute Gasteiger partial charge is 0.0708 e. The summed E-state index contributed by atoms with van der Waals surface area (Å²) in [6.45, 7) is 4.36. The first kappa shape index (κ1) is 15.2.